The van der Waals surface area contributed by atoms with Gasteiger partial charge in [0, 0.05) is 11.6 Å². The maximum atomic E-state index is 13.3. The molecule has 6 nitrogen and oxygen atoms in total. The lowest BCUT2D eigenvalue weighted by atomic mass is 9.73. The third-order valence-corrected chi connectivity index (χ3v) is 5.07. The third kappa shape index (κ3) is 2.93. The molecule has 6 heteroatoms. The summed E-state index contributed by atoms with van der Waals surface area (Å²) in [5, 5.41) is 9.76. The second kappa shape index (κ2) is 6.79. The first kappa shape index (κ1) is 17.1. The number of carbonyl (C=O) groups excluding carboxylic acids is 2. The Labute approximate surface area is 157 Å². The van der Waals surface area contributed by atoms with Crippen LogP contribution in [0.25, 0.3) is 0 Å². The molecule has 0 saturated carbocycles. The summed E-state index contributed by atoms with van der Waals surface area (Å²) in [7, 11) is 0. The van der Waals surface area contributed by atoms with Gasteiger partial charge in [-0.05, 0) is 31.5 Å². The van der Waals surface area contributed by atoms with Crippen molar-refractivity contribution in [3.63, 3.8) is 0 Å². The molecule has 0 spiro atoms. The highest BCUT2D eigenvalue weighted by molar-refractivity contribution is 6.17. The summed E-state index contributed by atoms with van der Waals surface area (Å²) < 4.78 is 0. The second-order valence-corrected chi connectivity index (χ2v) is 6.76. The van der Waals surface area contributed by atoms with Crippen LogP contribution in [-0.2, 0) is 14.4 Å². The van der Waals surface area contributed by atoms with Crippen molar-refractivity contribution in [1.29, 1.82) is 0 Å². The van der Waals surface area contributed by atoms with E-state index in [0.29, 0.717) is 17.1 Å². The number of para-hydroxylation sites is 1. The number of amides is 1. The Morgan fingerprint density at radius 2 is 1.52 bits per heavy atom. The quantitative estimate of drug-likeness (QED) is 0.784. The molecule has 0 fully saturated rings. The summed E-state index contributed by atoms with van der Waals surface area (Å²) in [6.45, 7) is 3.58. The van der Waals surface area contributed by atoms with Crippen molar-refractivity contribution >= 4 is 29.0 Å². The number of rotatable bonds is 4. The van der Waals surface area contributed by atoms with Crippen LogP contribution in [0.2, 0.25) is 0 Å². The van der Waals surface area contributed by atoms with Crippen LogP contribution in [0.3, 0.4) is 0 Å². The minimum atomic E-state index is -0.609. The molecule has 0 N–H and O–H groups in total. The molecule has 4 rings (SSSR count). The van der Waals surface area contributed by atoms with Gasteiger partial charge in [-0.15, -0.1) is 0 Å². The number of benzene rings is 2. The molecule has 27 heavy (non-hydrogen) atoms. The number of oxime groups is 1. The maximum absolute atomic E-state index is 13.3. The lowest BCUT2D eigenvalue weighted by molar-refractivity contribution is -0.144. The molecule has 0 saturated heterocycles. The summed E-state index contributed by atoms with van der Waals surface area (Å²) in [6, 6.07) is 18.8. The van der Waals surface area contributed by atoms with Gasteiger partial charge in [0.15, 0.2) is 0 Å². The van der Waals surface area contributed by atoms with E-state index in [2.05, 4.69) is 10.3 Å². The van der Waals surface area contributed by atoms with Crippen LogP contribution in [0.5, 0.6) is 0 Å². The van der Waals surface area contributed by atoms with E-state index >= 15 is 0 Å². The van der Waals surface area contributed by atoms with E-state index in [1.165, 1.54) is 5.01 Å². The predicted octanol–water partition coefficient (Wildman–Crippen LogP) is 3.36. The lowest BCUT2D eigenvalue weighted by Crippen LogP contribution is -2.38. The zero-order valence-corrected chi connectivity index (χ0v) is 15.1. The minimum Gasteiger partial charge on any atom is -0.318 e. The van der Waals surface area contributed by atoms with Crippen LogP contribution >= 0.6 is 0 Å². The molecule has 0 unspecified atom stereocenters. The lowest BCUT2D eigenvalue weighted by Gasteiger charge is -2.27. The van der Waals surface area contributed by atoms with Gasteiger partial charge >= 0.3 is 5.97 Å². The zero-order valence-electron chi connectivity index (χ0n) is 15.1. The first-order valence-corrected chi connectivity index (χ1v) is 8.82. The molecule has 0 aliphatic carbocycles. The van der Waals surface area contributed by atoms with Crippen LogP contribution < -0.4 is 5.01 Å². The fourth-order valence-electron chi connectivity index (χ4n) is 3.81. The molecule has 2 aromatic carbocycles. The van der Waals surface area contributed by atoms with E-state index in [-0.39, 0.29) is 5.91 Å². The van der Waals surface area contributed by atoms with Gasteiger partial charge in [0.1, 0.15) is 5.92 Å². The van der Waals surface area contributed by atoms with Crippen molar-refractivity contribution in [3.8, 4) is 0 Å². The first-order chi connectivity index (χ1) is 13.1. The molecule has 0 bridgehead atoms. The van der Waals surface area contributed by atoms with E-state index in [1.807, 2.05) is 67.6 Å². The molecular weight excluding hydrogens is 342 g/mol. The molecule has 2 aliphatic rings. The Kier molecular flexibility index (Phi) is 4.32. The summed E-state index contributed by atoms with van der Waals surface area (Å²) >= 11 is 0. The number of anilines is 1. The van der Waals surface area contributed by atoms with Crippen LogP contribution in [0.4, 0.5) is 5.69 Å². The van der Waals surface area contributed by atoms with E-state index in [1.54, 1.807) is 6.92 Å². The van der Waals surface area contributed by atoms with E-state index in [4.69, 9.17) is 4.84 Å². The normalized spacial score (nSPS) is 23.1. The summed E-state index contributed by atoms with van der Waals surface area (Å²) in [5.41, 5.74) is 2.84. The van der Waals surface area contributed by atoms with Crippen molar-refractivity contribution < 1.29 is 14.4 Å². The van der Waals surface area contributed by atoms with Gasteiger partial charge in [-0.3, -0.25) is 4.79 Å². The predicted molar refractivity (Wildman–Crippen MR) is 102 cm³/mol. The van der Waals surface area contributed by atoms with Crippen LogP contribution in [0, 0.1) is 11.8 Å². The molecule has 136 valence electrons. The number of carbonyl (C=O) groups is 2. The average molecular weight is 361 g/mol. The molecule has 1 amide bonds. The van der Waals surface area contributed by atoms with Crippen molar-refractivity contribution in [2.24, 2.45) is 22.1 Å². The summed E-state index contributed by atoms with van der Waals surface area (Å²) in [6.07, 6.45) is 0. The van der Waals surface area contributed by atoms with Crippen molar-refractivity contribution in [1.82, 2.24) is 0 Å². The smallest absolute Gasteiger partial charge is 0.318 e. The highest BCUT2D eigenvalue weighted by Gasteiger charge is 2.49. The van der Waals surface area contributed by atoms with Crippen LogP contribution in [0.15, 0.2) is 70.9 Å². The Morgan fingerprint density at radius 1 is 0.889 bits per heavy atom. The van der Waals surface area contributed by atoms with Crippen LogP contribution in [-0.4, -0.2) is 23.3 Å². The highest BCUT2D eigenvalue weighted by Crippen LogP contribution is 2.41. The Balaban J connectivity index is 1.77. The molecule has 2 heterocycles. The van der Waals surface area contributed by atoms with Gasteiger partial charge in [-0.25, -0.2) is 9.80 Å². The Morgan fingerprint density at radius 3 is 2.11 bits per heavy atom. The SMILES string of the molecule is CC1=NOC(=O)[C@H]1[C@@H](c1ccccc1)[C@@H]1C(=O)N(c2ccccc2)N=C1C. The minimum absolute atomic E-state index is 0.153. The maximum Gasteiger partial charge on any atom is 0.344 e. The monoisotopic (exact) mass is 361 g/mol. The molecule has 3 atom stereocenters. The summed E-state index contributed by atoms with van der Waals surface area (Å²) in [4.78, 5) is 30.6. The Hall–Kier alpha value is -3.28. The van der Waals surface area contributed by atoms with Crippen molar-refractivity contribution in [2.45, 2.75) is 19.8 Å². The molecule has 2 aromatic rings. The molecule has 0 radical (unpaired) electrons. The molecule has 2 aliphatic heterocycles. The largest absolute Gasteiger partial charge is 0.344 e. The Bertz CT molecular complexity index is 938. The zero-order chi connectivity index (χ0) is 19.0. The average Bonchev–Trinajstić information content (AvgIpc) is 3.18. The van der Waals surface area contributed by atoms with E-state index in [0.717, 1.165) is 5.56 Å². The van der Waals surface area contributed by atoms with Gasteiger partial charge in [0.25, 0.3) is 5.91 Å². The number of hydrogen-bond acceptors (Lipinski definition) is 5. The standard InChI is InChI=1S/C21H19N3O3/c1-13-17(20(25)24(22-13)16-11-7-4-8-12-16)19(15-9-5-3-6-10-15)18-14(2)23-27-21(18)26/h3-12,17-19H,1-2H3/t17-,18-,19+/m1/s1. The highest BCUT2D eigenvalue weighted by atomic mass is 16.7. The molecule has 0 aromatic heterocycles. The molecular formula is C21H19N3O3. The van der Waals surface area contributed by atoms with Gasteiger partial charge in [0.05, 0.1) is 17.3 Å². The van der Waals surface area contributed by atoms with Crippen molar-refractivity contribution in [3.05, 3.63) is 66.2 Å². The van der Waals surface area contributed by atoms with Crippen molar-refractivity contribution in [2.75, 3.05) is 5.01 Å². The summed E-state index contributed by atoms with van der Waals surface area (Å²) in [5.74, 6) is -2.18. The van der Waals surface area contributed by atoms with E-state index in [9.17, 15) is 9.59 Å². The van der Waals surface area contributed by atoms with Gasteiger partial charge in [0.2, 0.25) is 0 Å². The first-order valence-electron chi connectivity index (χ1n) is 8.82. The topological polar surface area (TPSA) is 71.3 Å². The second-order valence-electron chi connectivity index (χ2n) is 6.76. The third-order valence-electron chi connectivity index (χ3n) is 5.07. The van der Waals surface area contributed by atoms with Gasteiger partial charge < -0.3 is 4.84 Å². The number of hydrogen-bond donors (Lipinski definition) is 0. The fraction of sp³-hybridized carbons (Fsp3) is 0.238. The van der Waals surface area contributed by atoms with E-state index < -0.39 is 23.7 Å². The van der Waals surface area contributed by atoms with Crippen LogP contribution in [0.1, 0.15) is 25.3 Å². The fourth-order valence-corrected chi connectivity index (χ4v) is 3.81. The van der Waals surface area contributed by atoms with Gasteiger partial charge in [-0.1, -0.05) is 53.7 Å². The van der Waals surface area contributed by atoms with Gasteiger partial charge in [-0.2, -0.15) is 5.10 Å². The number of nitrogens with zero attached hydrogens (tertiary/aromatic N) is 3. The number of hydrazone groups is 1.